The van der Waals surface area contributed by atoms with E-state index in [1.807, 2.05) is 30.1 Å². The van der Waals surface area contributed by atoms with Crippen LogP contribution in [-0.2, 0) is 0 Å². The molecule has 1 heterocycles. The molecule has 1 atom stereocenters. The quantitative estimate of drug-likeness (QED) is 0.411. The second-order valence-electron chi connectivity index (χ2n) is 4.94. The molecule has 1 N–H and O–H groups in total. The summed E-state index contributed by atoms with van der Waals surface area (Å²) in [7, 11) is 0. The molecule has 0 spiro atoms. The fourth-order valence-corrected chi connectivity index (χ4v) is 3.71. The summed E-state index contributed by atoms with van der Waals surface area (Å²) < 4.78 is 0.789. The van der Waals surface area contributed by atoms with Crippen molar-refractivity contribution in [3.8, 4) is 0 Å². The second-order valence-corrected chi connectivity index (χ2v) is 6.54. The van der Waals surface area contributed by atoms with Crippen molar-refractivity contribution in [3.63, 3.8) is 0 Å². The molecule has 2 nitrogen and oxygen atoms in total. The number of aliphatic hydroxyl groups is 1. The number of nitrogens with zero attached hydrogens (tertiary/aromatic N) is 1. The van der Waals surface area contributed by atoms with Crippen LogP contribution in [0.4, 0.5) is 0 Å². The summed E-state index contributed by atoms with van der Waals surface area (Å²) in [5.74, 6) is 0.578. The van der Waals surface area contributed by atoms with Crippen LogP contribution in [0.25, 0.3) is 0 Å². The average Bonchev–Trinajstić information content (AvgIpc) is 2.73. The minimum absolute atomic E-state index is 0.578. The largest absolute Gasteiger partial charge is 0.366 e. The Labute approximate surface area is 132 Å². The van der Waals surface area contributed by atoms with E-state index < -0.39 is 5.72 Å². The SMILES string of the molecule is C=C/C(=C\C=C/C)C1(O)CSC(=S)N1CCCCCC. The van der Waals surface area contributed by atoms with Gasteiger partial charge in [0.15, 0.2) is 5.72 Å². The Bertz CT molecular complexity index is 403. The van der Waals surface area contributed by atoms with Gasteiger partial charge < -0.3 is 10.0 Å². The fraction of sp³-hybridized carbons (Fsp3) is 0.562. The van der Waals surface area contributed by atoms with Crippen molar-refractivity contribution >= 4 is 28.3 Å². The lowest BCUT2D eigenvalue weighted by atomic mass is 10.0. The van der Waals surface area contributed by atoms with Crippen LogP contribution in [-0.4, -0.2) is 32.3 Å². The molecule has 1 aliphatic heterocycles. The average molecular weight is 312 g/mol. The van der Waals surface area contributed by atoms with E-state index >= 15 is 0 Å². The molecular weight excluding hydrogens is 286 g/mol. The molecule has 112 valence electrons. The van der Waals surface area contributed by atoms with Gasteiger partial charge in [0.2, 0.25) is 0 Å². The Hall–Kier alpha value is -0.580. The molecule has 4 heteroatoms. The highest BCUT2D eigenvalue weighted by atomic mass is 32.2. The molecule has 1 unspecified atom stereocenters. The maximum atomic E-state index is 11.0. The Morgan fingerprint density at radius 1 is 1.50 bits per heavy atom. The zero-order chi connectivity index (χ0) is 15.0. The normalized spacial score (nSPS) is 23.9. The van der Waals surface area contributed by atoms with Crippen LogP contribution < -0.4 is 0 Å². The third-order valence-electron chi connectivity index (χ3n) is 3.45. The smallest absolute Gasteiger partial charge is 0.175 e. The van der Waals surface area contributed by atoms with Crippen molar-refractivity contribution in [2.75, 3.05) is 12.3 Å². The molecular formula is C16H25NOS2. The highest BCUT2D eigenvalue weighted by Crippen LogP contribution is 2.37. The summed E-state index contributed by atoms with van der Waals surface area (Å²) in [5, 5.41) is 11.0. The van der Waals surface area contributed by atoms with Crippen LogP contribution in [0, 0.1) is 0 Å². The molecule has 0 amide bonds. The maximum Gasteiger partial charge on any atom is 0.175 e. The predicted molar refractivity (Wildman–Crippen MR) is 93.9 cm³/mol. The van der Waals surface area contributed by atoms with Crippen LogP contribution in [0.15, 0.2) is 36.5 Å². The Morgan fingerprint density at radius 2 is 2.25 bits per heavy atom. The van der Waals surface area contributed by atoms with Gasteiger partial charge in [-0.3, -0.25) is 0 Å². The summed E-state index contributed by atoms with van der Waals surface area (Å²) in [6, 6.07) is 0. The molecule has 0 saturated carbocycles. The third-order valence-corrected chi connectivity index (χ3v) is 5.04. The van der Waals surface area contributed by atoms with Crippen LogP contribution in [0.3, 0.4) is 0 Å². The monoisotopic (exact) mass is 311 g/mol. The molecule has 0 radical (unpaired) electrons. The first-order chi connectivity index (χ1) is 9.60. The number of hydrogen-bond acceptors (Lipinski definition) is 3. The van der Waals surface area contributed by atoms with Crippen LogP contribution >= 0.6 is 24.0 Å². The topological polar surface area (TPSA) is 23.5 Å². The van der Waals surface area contributed by atoms with Gasteiger partial charge in [-0.05, 0) is 13.3 Å². The summed E-state index contributed by atoms with van der Waals surface area (Å²) in [6.07, 6.45) is 12.2. The third kappa shape index (κ3) is 4.21. The first-order valence-corrected chi connectivity index (χ1v) is 8.62. The first-order valence-electron chi connectivity index (χ1n) is 7.22. The van der Waals surface area contributed by atoms with E-state index in [0.29, 0.717) is 5.75 Å². The van der Waals surface area contributed by atoms with Crippen molar-refractivity contribution < 1.29 is 5.11 Å². The summed E-state index contributed by atoms with van der Waals surface area (Å²) in [6.45, 7) is 8.79. The van der Waals surface area contributed by atoms with Gasteiger partial charge in [-0.1, -0.05) is 81.0 Å². The number of thioether (sulfide) groups is 1. The standard InChI is InChI=1S/C16H25NOS2/c1-4-7-9-10-12-17-15(19)20-13-16(17,18)14(6-3)11-8-5-2/h5-6,8,11,18H,3-4,7,9-10,12-13H2,1-2H3/b8-5-,14-11+. The second kappa shape index (κ2) is 8.65. The van der Waals surface area contributed by atoms with E-state index in [4.69, 9.17) is 12.2 Å². The molecule has 0 aliphatic carbocycles. The van der Waals surface area contributed by atoms with Gasteiger partial charge in [-0.15, -0.1) is 0 Å². The molecule has 0 bridgehead atoms. The van der Waals surface area contributed by atoms with Crippen LogP contribution in [0.2, 0.25) is 0 Å². The summed E-state index contributed by atoms with van der Waals surface area (Å²) >= 11 is 6.94. The number of rotatable bonds is 8. The lowest BCUT2D eigenvalue weighted by Gasteiger charge is -2.35. The van der Waals surface area contributed by atoms with Crippen molar-refractivity contribution in [3.05, 3.63) is 36.5 Å². The summed E-state index contributed by atoms with van der Waals surface area (Å²) in [5.41, 5.74) is -0.187. The van der Waals surface area contributed by atoms with Crippen molar-refractivity contribution in [2.45, 2.75) is 45.3 Å². The first kappa shape index (κ1) is 17.5. The van der Waals surface area contributed by atoms with E-state index in [1.165, 1.54) is 19.3 Å². The lowest BCUT2D eigenvalue weighted by Crippen LogP contribution is -2.48. The van der Waals surface area contributed by atoms with Crippen molar-refractivity contribution in [1.82, 2.24) is 4.90 Å². The van der Waals surface area contributed by atoms with E-state index in [2.05, 4.69) is 13.5 Å². The number of unbranched alkanes of at least 4 members (excludes halogenated alkanes) is 3. The molecule has 0 aromatic carbocycles. The Morgan fingerprint density at radius 3 is 2.85 bits per heavy atom. The van der Waals surface area contributed by atoms with Crippen molar-refractivity contribution in [2.24, 2.45) is 0 Å². The van der Waals surface area contributed by atoms with Gasteiger partial charge in [0, 0.05) is 12.1 Å². The summed E-state index contributed by atoms with van der Waals surface area (Å²) in [4.78, 5) is 1.96. The van der Waals surface area contributed by atoms with Gasteiger partial charge in [0.25, 0.3) is 0 Å². The minimum Gasteiger partial charge on any atom is -0.366 e. The molecule has 20 heavy (non-hydrogen) atoms. The van der Waals surface area contributed by atoms with E-state index in [-0.39, 0.29) is 0 Å². The van der Waals surface area contributed by atoms with E-state index in [0.717, 1.165) is 22.9 Å². The minimum atomic E-state index is -1.00. The number of thiocarbonyl (C=S) groups is 1. The molecule has 1 fully saturated rings. The van der Waals surface area contributed by atoms with Crippen molar-refractivity contribution in [1.29, 1.82) is 0 Å². The van der Waals surface area contributed by atoms with Crippen LogP contribution in [0.1, 0.15) is 39.5 Å². The lowest BCUT2D eigenvalue weighted by molar-refractivity contribution is -0.00329. The molecule has 0 aromatic rings. The highest BCUT2D eigenvalue weighted by Gasteiger charge is 2.43. The van der Waals surface area contributed by atoms with Gasteiger partial charge in [0.05, 0.1) is 5.75 Å². The molecule has 0 aromatic heterocycles. The molecule has 1 aliphatic rings. The van der Waals surface area contributed by atoms with Crippen LogP contribution in [0.5, 0.6) is 0 Å². The zero-order valence-electron chi connectivity index (χ0n) is 12.5. The van der Waals surface area contributed by atoms with Gasteiger partial charge >= 0.3 is 0 Å². The number of allylic oxidation sites excluding steroid dienone is 3. The molecule has 1 rings (SSSR count). The number of hydrogen-bond donors (Lipinski definition) is 1. The highest BCUT2D eigenvalue weighted by molar-refractivity contribution is 8.23. The Balaban J connectivity index is 2.83. The fourth-order valence-electron chi connectivity index (χ4n) is 2.25. The van der Waals surface area contributed by atoms with E-state index in [1.54, 1.807) is 17.8 Å². The Kier molecular flexibility index (Phi) is 7.56. The van der Waals surface area contributed by atoms with Gasteiger partial charge in [-0.2, -0.15) is 0 Å². The van der Waals surface area contributed by atoms with Gasteiger partial charge in [-0.25, -0.2) is 0 Å². The van der Waals surface area contributed by atoms with E-state index in [9.17, 15) is 5.11 Å². The predicted octanol–water partition coefficient (Wildman–Crippen LogP) is 4.28. The molecule has 1 saturated heterocycles. The maximum absolute atomic E-state index is 11.0. The van der Waals surface area contributed by atoms with Gasteiger partial charge in [0.1, 0.15) is 4.32 Å². The zero-order valence-corrected chi connectivity index (χ0v) is 14.1.